The van der Waals surface area contributed by atoms with Crippen LogP contribution in [0.25, 0.3) is 0 Å². The summed E-state index contributed by atoms with van der Waals surface area (Å²) in [6, 6.07) is 6.24. The minimum Gasteiger partial charge on any atom is -0.389 e. The molecule has 1 aromatic rings. The van der Waals surface area contributed by atoms with Crippen molar-refractivity contribution in [2.45, 2.75) is 50.2 Å². The van der Waals surface area contributed by atoms with Crippen LogP contribution in [0.2, 0.25) is 0 Å². The summed E-state index contributed by atoms with van der Waals surface area (Å²) < 4.78 is 13.5. The Balaban J connectivity index is 1.81. The summed E-state index contributed by atoms with van der Waals surface area (Å²) in [5, 5.41) is 23.5. The first-order chi connectivity index (χ1) is 9.61. The van der Waals surface area contributed by atoms with Crippen LogP contribution in [0.1, 0.15) is 50.2 Å². The molecule has 1 aliphatic rings. The molecule has 3 N–H and O–H groups in total. The summed E-state index contributed by atoms with van der Waals surface area (Å²) in [7, 11) is 0. The fourth-order valence-corrected chi connectivity index (χ4v) is 2.86. The van der Waals surface area contributed by atoms with Crippen molar-refractivity contribution in [1.29, 1.82) is 0 Å². The average Bonchev–Trinajstić information content (AvgIpc) is 2.64. The molecule has 0 aromatic heterocycles. The monoisotopic (exact) mass is 281 g/mol. The molecule has 112 valence electrons. The zero-order valence-corrected chi connectivity index (χ0v) is 11.8. The molecule has 2 rings (SSSR count). The van der Waals surface area contributed by atoms with Gasteiger partial charge in [0.05, 0.1) is 11.7 Å². The maximum atomic E-state index is 13.5. The molecule has 0 heterocycles. The Bertz CT molecular complexity index is 417. The van der Waals surface area contributed by atoms with Gasteiger partial charge in [-0.05, 0) is 18.9 Å². The van der Waals surface area contributed by atoms with E-state index in [0.29, 0.717) is 12.1 Å². The highest BCUT2D eigenvalue weighted by Gasteiger charge is 2.27. The van der Waals surface area contributed by atoms with E-state index in [-0.39, 0.29) is 6.54 Å². The number of aliphatic hydroxyl groups is 2. The van der Waals surface area contributed by atoms with E-state index in [9.17, 15) is 14.6 Å². The van der Waals surface area contributed by atoms with Crippen molar-refractivity contribution in [3.8, 4) is 0 Å². The number of rotatable bonds is 5. The number of nitrogens with one attached hydrogen (secondary N) is 1. The highest BCUT2D eigenvalue weighted by molar-refractivity contribution is 5.19. The van der Waals surface area contributed by atoms with Gasteiger partial charge < -0.3 is 15.5 Å². The van der Waals surface area contributed by atoms with Gasteiger partial charge in [-0.2, -0.15) is 0 Å². The van der Waals surface area contributed by atoms with E-state index in [2.05, 4.69) is 5.32 Å². The minimum absolute atomic E-state index is 0.253. The standard InChI is InChI=1S/C16H24FNO2/c17-14-8-4-3-7-13(14)15(19)11-18-12-16(20)9-5-1-2-6-10-16/h3-4,7-8,15,18-20H,1-2,5-6,9-12H2. The molecular formula is C16H24FNO2. The number of hydrogen-bond acceptors (Lipinski definition) is 3. The van der Waals surface area contributed by atoms with E-state index in [1.807, 2.05) is 0 Å². The second-order valence-electron chi connectivity index (χ2n) is 5.81. The third-order valence-corrected chi connectivity index (χ3v) is 4.09. The summed E-state index contributed by atoms with van der Waals surface area (Å²) in [4.78, 5) is 0. The molecule has 0 spiro atoms. The Kier molecular flexibility index (Phi) is 5.52. The van der Waals surface area contributed by atoms with Gasteiger partial charge in [0, 0.05) is 18.7 Å². The second kappa shape index (κ2) is 7.16. The van der Waals surface area contributed by atoms with Crippen LogP contribution in [0.15, 0.2) is 24.3 Å². The van der Waals surface area contributed by atoms with E-state index in [4.69, 9.17) is 0 Å². The molecule has 3 nitrogen and oxygen atoms in total. The maximum Gasteiger partial charge on any atom is 0.129 e. The van der Waals surface area contributed by atoms with Crippen LogP contribution in [0.4, 0.5) is 4.39 Å². The van der Waals surface area contributed by atoms with Crippen LogP contribution in [-0.2, 0) is 0 Å². The van der Waals surface area contributed by atoms with Gasteiger partial charge in [-0.15, -0.1) is 0 Å². The third-order valence-electron chi connectivity index (χ3n) is 4.09. The van der Waals surface area contributed by atoms with Crippen molar-refractivity contribution in [2.75, 3.05) is 13.1 Å². The predicted molar refractivity (Wildman–Crippen MR) is 76.9 cm³/mol. The molecule has 1 unspecified atom stereocenters. The average molecular weight is 281 g/mol. The molecule has 4 heteroatoms. The van der Waals surface area contributed by atoms with Crippen LogP contribution >= 0.6 is 0 Å². The molecule has 0 saturated heterocycles. The Morgan fingerprint density at radius 3 is 2.45 bits per heavy atom. The Morgan fingerprint density at radius 1 is 1.15 bits per heavy atom. The molecule has 0 amide bonds. The van der Waals surface area contributed by atoms with Crippen molar-refractivity contribution >= 4 is 0 Å². The molecule has 1 atom stereocenters. The highest BCUT2D eigenvalue weighted by atomic mass is 19.1. The molecule has 1 aromatic carbocycles. The van der Waals surface area contributed by atoms with Crippen LogP contribution in [0, 0.1) is 5.82 Å². The van der Waals surface area contributed by atoms with Gasteiger partial charge in [-0.25, -0.2) is 4.39 Å². The number of halogens is 1. The fraction of sp³-hybridized carbons (Fsp3) is 0.625. The Labute approximate surface area is 119 Å². The molecular weight excluding hydrogens is 257 g/mol. The van der Waals surface area contributed by atoms with Crippen molar-refractivity contribution in [3.63, 3.8) is 0 Å². The lowest BCUT2D eigenvalue weighted by molar-refractivity contribution is 0.0223. The van der Waals surface area contributed by atoms with Crippen LogP contribution < -0.4 is 5.32 Å². The van der Waals surface area contributed by atoms with Gasteiger partial charge in [0.25, 0.3) is 0 Å². The summed E-state index contributed by atoms with van der Waals surface area (Å²) in [6.07, 6.45) is 5.18. The summed E-state index contributed by atoms with van der Waals surface area (Å²) >= 11 is 0. The smallest absolute Gasteiger partial charge is 0.129 e. The lowest BCUT2D eigenvalue weighted by atomic mass is 9.94. The number of hydrogen-bond donors (Lipinski definition) is 3. The fourth-order valence-electron chi connectivity index (χ4n) is 2.86. The van der Waals surface area contributed by atoms with Crippen molar-refractivity contribution in [3.05, 3.63) is 35.6 Å². The van der Waals surface area contributed by atoms with E-state index < -0.39 is 17.5 Å². The highest BCUT2D eigenvalue weighted by Crippen LogP contribution is 2.26. The van der Waals surface area contributed by atoms with Gasteiger partial charge in [0.1, 0.15) is 5.82 Å². The summed E-state index contributed by atoms with van der Waals surface area (Å²) in [6.45, 7) is 0.710. The van der Waals surface area contributed by atoms with Gasteiger partial charge in [-0.1, -0.05) is 43.9 Å². The normalized spacial score (nSPS) is 20.4. The zero-order valence-electron chi connectivity index (χ0n) is 11.8. The molecule has 1 saturated carbocycles. The molecule has 0 aliphatic heterocycles. The van der Waals surface area contributed by atoms with Gasteiger partial charge in [0.2, 0.25) is 0 Å². The first-order valence-electron chi connectivity index (χ1n) is 7.46. The first kappa shape index (κ1) is 15.4. The van der Waals surface area contributed by atoms with Gasteiger partial charge >= 0.3 is 0 Å². The zero-order chi connectivity index (χ0) is 14.4. The van der Waals surface area contributed by atoms with E-state index >= 15 is 0 Å². The topological polar surface area (TPSA) is 52.5 Å². The summed E-state index contributed by atoms with van der Waals surface area (Å²) in [5.74, 6) is -0.394. The quantitative estimate of drug-likeness (QED) is 0.727. The summed E-state index contributed by atoms with van der Waals surface area (Å²) in [5.41, 5.74) is -0.376. The second-order valence-corrected chi connectivity index (χ2v) is 5.81. The SMILES string of the molecule is OC(CNCC1(O)CCCCCC1)c1ccccc1F. The van der Waals surface area contributed by atoms with Crippen molar-refractivity contribution in [2.24, 2.45) is 0 Å². The number of benzene rings is 1. The number of aliphatic hydroxyl groups excluding tert-OH is 1. The lowest BCUT2D eigenvalue weighted by Gasteiger charge is -2.27. The molecule has 0 radical (unpaired) electrons. The van der Waals surface area contributed by atoms with E-state index in [1.54, 1.807) is 18.2 Å². The molecule has 20 heavy (non-hydrogen) atoms. The predicted octanol–water partition coefficient (Wildman–Crippen LogP) is 2.53. The Hall–Kier alpha value is -0.970. The third kappa shape index (κ3) is 4.27. The van der Waals surface area contributed by atoms with Crippen molar-refractivity contribution < 1.29 is 14.6 Å². The van der Waals surface area contributed by atoms with Gasteiger partial charge in [-0.3, -0.25) is 0 Å². The molecule has 1 fully saturated rings. The first-order valence-corrected chi connectivity index (χ1v) is 7.46. The van der Waals surface area contributed by atoms with Crippen LogP contribution in [-0.4, -0.2) is 28.9 Å². The van der Waals surface area contributed by atoms with E-state index in [1.165, 1.54) is 18.9 Å². The molecule has 0 bridgehead atoms. The maximum absolute atomic E-state index is 13.5. The minimum atomic E-state index is -0.884. The van der Waals surface area contributed by atoms with Crippen LogP contribution in [0.5, 0.6) is 0 Å². The molecule has 1 aliphatic carbocycles. The van der Waals surface area contributed by atoms with Crippen LogP contribution in [0.3, 0.4) is 0 Å². The van der Waals surface area contributed by atoms with Gasteiger partial charge in [0.15, 0.2) is 0 Å². The van der Waals surface area contributed by atoms with E-state index in [0.717, 1.165) is 25.7 Å². The largest absolute Gasteiger partial charge is 0.389 e. The Morgan fingerprint density at radius 2 is 1.80 bits per heavy atom. The van der Waals surface area contributed by atoms with Crippen molar-refractivity contribution in [1.82, 2.24) is 5.32 Å². The lowest BCUT2D eigenvalue weighted by Crippen LogP contribution is -2.41.